The zero-order valence-electron chi connectivity index (χ0n) is 16.4. The van der Waals surface area contributed by atoms with E-state index in [2.05, 4.69) is 5.32 Å². The van der Waals surface area contributed by atoms with E-state index in [0.29, 0.717) is 22.5 Å². The van der Waals surface area contributed by atoms with Crippen molar-refractivity contribution in [3.8, 4) is 11.1 Å². The minimum Gasteiger partial charge on any atom is -0.466 e. The third kappa shape index (κ3) is 3.56. The van der Waals surface area contributed by atoms with Crippen molar-refractivity contribution in [2.45, 2.75) is 19.8 Å². The summed E-state index contributed by atoms with van der Waals surface area (Å²) in [5.74, 6) is -1.52. The van der Waals surface area contributed by atoms with Gasteiger partial charge in [-0.15, -0.1) is 0 Å². The van der Waals surface area contributed by atoms with Crippen LogP contribution in [0.5, 0.6) is 0 Å². The molecule has 0 aliphatic carbocycles. The number of rotatable bonds is 4. The molecule has 0 unspecified atom stereocenters. The molecule has 0 bridgehead atoms. The minimum atomic E-state index is -0.564. The van der Waals surface area contributed by atoms with Gasteiger partial charge in [0.2, 0.25) is 0 Å². The SMILES string of the molecule is COC(=O)C1=C(C)NC(C)=C(C(=O)OC)C1c1ccc(-c2ccccc2)cc1. The van der Waals surface area contributed by atoms with Crippen LogP contribution in [-0.2, 0) is 19.1 Å². The zero-order chi connectivity index (χ0) is 20.3. The smallest absolute Gasteiger partial charge is 0.336 e. The van der Waals surface area contributed by atoms with Crippen molar-refractivity contribution in [3.05, 3.63) is 82.7 Å². The molecule has 0 fully saturated rings. The van der Waals surface area contributed by atoms with Crippen molar-refractivity contribution >= 4 is 11.9 Å². The van der Waals surface area contributed by atoms with Crippen LogP contribution in [0.25, 0.3) is 11.1 Å². The molecule has 1 aliphatic rings. The second-order valence-electron chi connectivity index (χ2n) is 6.61. The van der Waals surface area contributed by atoms with Gasteiger partial charge >= 0.3 is 11.9 Å². The molecule has 144 valence electrons. The first-order valence-corrected chi connectivity index (χ1v) is 8.98. The van der Waals surface area contributed by atoms with Crippen molar-refractivity contribution < 1.29 is 19.1 Å². The van der Waals surface area contributed by atoms with E-state index in [1.165, 1.54) is 14.2 Å². The van der Waals surface area contributed by atoms with Crippen LogP contribution in [0.2, 0.25) is 0 Å². The molecule has 5 nitrogen and oxygen atoms in total. The third-order valence-corrected chi connectivity index (χ3v) is 4.92. The molecule has 28 heavy (non-hydrogen) atoms. The average molecular weight is 377 g/mol. The number of esters is 2. The Hall–Kier alpha value is -3.34. The quantitative estimate of drug-likeness (QED) is 0.818. The fourth-order valence-corrected chi connectivity index (χ4v) is 3.59. The van der Waals surface area contributed by atoms with Gasteiger partial charge in [0.1, 0.15) is 0 Å². The normalized spacial score (nSPS) is 14.6. The Bertz CT molecular complexity index is 918. The van der Waals surface area contributed by atoms with E-state index in [-0.39, 0.29) is 0 Å². The Morgan fingerprint density at radius 2 is 1.21 bits per heavy atom. The summed E-state index contributed by atoms with van der Waals surface area (Å²) in [5.41, 5.74) is 5.10. The second kappa shape index (κ2) is 8.13. The molecule has 1 aliphatic heterocycles. The Morgan fingerprint density at radius 3 is 1.68 bits per heavy atom. The van der Waals surface area contributed by atoms with Gasteiger partial charge in [-0.3, -0.25) is 0 Å². The molecule has 0 radical (unpaired) electrons. The molecular weight excluding hydrogens is 354 g/mol. The number of dihydropyridines is 1. The second-order valence-corrected chi connectivity index (χ2v) is 6.61. The van der Waals surface area contributed by atoms with E-state index in [1.54, 1.807) is 13.8 Å². The number of carbonyl (C=O) groups is 2. The zero-order valence-corrected chi connectivity index (χ0v) is 16.4. The van der Waals surface area contributed by atoms with Crippen molar-refractivity contribution in [1.82, 2.24) is 5.32 Å². The molecular formula is C23H23NO4. The maximum atomic E-state index is 12.5. The molecule has 3 rings (SSSR count). The van der Waals surface area contributed by atoms with Gasteiger partial charge in [-0.2, -0.15) is 0 Å². The van der Waals surface area contributed by atoms with Crippen LogP contribution in [0, 0.1) is 0 Å². The summed E-state index contributed by atoms with van der Waals surface area (Å²) >= 11 is 0. The van der Waals surface area contributed by atoms with Crippen LogP contribution in [0.4, 0.5) is 0 Å². The lowest BCUT2D eigenvalue weighted by molar-refractivity contribution is -0.137. The van der Waals surface area contributed by atoms with E-state index < -0.39 is 17.9 Å². The van der Waals surface area contributed by atoms with Gasteiger partial charge in [0.05, 0.1) is 31.3 Å². The summed E-state index contributed by atoms with van der Waals surface area (Å²) in [6, 6.07) is 17.9. The molecule has 2 aromatic carbocycles. The predicted molar refractivity (Wildman–Crippen MR) is 107 cm³/mol. The van der Waals surface area contributed by atoms with Gasteiger partial charge in [0, 0.05) is 11.4 Å². The Balaban J connectivity index is 2.11. The Labute approximate surface area is 164 Å². The van der Waals surface area contributed by atoms with Crippen molar-refractivity contribution in [2.24, 2.45) is 0 Å². The van der Waals surface area contributed by atoms with Crippen molar-refractivity contribution in [1.29, 1.82) is 0 Å². The summed E-state index contributed by atoms with van der Waals surface area (Å²) in [7, 11) is 2.67. The minimum absolute atomic E-state index is 0.404. The standard InChI is InChI=1S/C23H23NO4/c1-14-19(22(25)27-3)21(20(15(2)24-14)23(26)28-4)18-12-10-17(11-13-18)16-8-6-5-7-9-16/h5-13,21,24H,1-4H3. The van der Waals surface area contributed by atoms with Crippen LogP contribution in [0.3, 0.4) is 0 Å². The highest BCUT2D eigenvalue weighted by Gasteiger charge is 2.37. The Kier molecular flexibility index (Phi) is 5.64. The van der Waals surface area contributed by atoms with Crippen LogP contribution in [0.1, 0.15) is 25.3 Å². The average Bonchev–Trinajstić information content (AvgIpc) is 2.73. The van der Waals surface area contributed by atoms with Gasteiger partial charge in [0.25, 0.3) is 0 Å². The summed E-state index contributed by atoms with van der Waals surface area (Å²) < 4.78 is 9.98. The monoisotopic (exact) mass is 377 g/mol. The molecule has 0 amide bonds. The Morgan fingerprint density at radius 1 is 0.750 bits per heavy atom. The maximum absolute atomic E-state index is 12.5. The van der Waals surface area contributed by atoms with Gasteiger partial charge < -0.3 is 14.8 Å². The van der Waals surface area contributed by atoms with Crippen LogP contribution in [-0.4, -0.2) is 26.2 Å². The summed E-state index contributed by atoms with van der Waals surface area (Å²) in [4.78, 5) is 25.0. The fourth-order valence-electron chi connectivity index (χ4n) is 3.59. The summed E-state index contributed by atoms with van der Waals surface area (Å²) in [6.45, 7) is 3.60. The largest absolute Gasteiger partial charge is 0.466 e. The highest BCUT2D eigenvalue weighted by atomic mass is 16.5. The molecule has 0 aromatic heterocycles. The number of ether oxygens (including phenoxy) is 2. The summed E-state index contributed by atoms with van der Waals surface area (Å²) in [5, 5.41) is 3.10. The molecule has 0 spiro atoms. The van der Waals surface area contributed by atoms with E-state index in [0.717, 1.165) is 16.7 Å². The van der Waals surface area contributed by atoms with Crippen molar-refractivity contribution in [3.63, 3.8) is 0 Å². The van der Waals surface area contributed by atoms with Crippen LogP contribution >= 0.6 is 0 Å². The summed E-state index contributed by atoms with van der Waals surface area (Å²) in [6.07, 6.45) is 0. The number of hydrogen-bond acceptors (Lipinski definition) is 5. The fraction of sp³-hybridized carbons (Fsp3) is 0.217. The maximum Gasteiger partial charge on any atom is 0.336 e. The molecule has 0 saturated heterocycles. The third-order valence-electron chi connectivity index (χ3n) is 4.92. The number of nitrogens with one attached hydrogen (secondary N) is 1. The topological polar surface area (TPSA) is 64.6 Å². The first-order valence-electron chi connectivity index (χ1n) is 8.98. The highest BCUT2D eigenvalue weighted by Crippen LogP contribution is 2.39. The van der Waals surface area contributed by atoms with Gasteiger partial charge in [-0.05, 0) is 30.5 Å². The van der Waals surface area contributed by atoms with Crippen LogP contribution in [0.15, 0.2) is 77.1 Å². The molecule has 0 saturated carbocycles. The number of allylic oxidation sites excluding steroid dienone is 2. The number of benzene rings is 2. The highest BCUT2D eigenvalue weighted by molar-refractivity contribution is 5.99. The van der Waals surface area contributed by atoms with E-state index >= 15 is 0 Å². The molecule has 2 aromatic rings. The number of methoxy groups -OCH3 is 2. The number of carbonyl (C=O) groups excluding carboxylic acids is 2. The van der Waals surface area contributed by atoms with E-state index in [1.807, 2.05) is 54.6 Å². The van der Waals surface area contributed by atoms with Gasteiger partial charge in [0.15, 0.2) is 0 Å². The van der Waals surface area contributed by atoms with E-state index in [4.69, 9.17) is 9.47 Å². The number of hydrogen-bond donors (Lipinski definition) is 1. The lowest BCUT2D eigenvalue weighted by Gasteiger charge is -2.30. The molecule has 0 atom stereocenters. The first-order chi connectivity index (χ1) is 13.5. The van der Waals surface area contributed by atoms with Gasteiger partial charge in [-0.25, -0.2) is 9.59 Å². The lowest BCUT2D eigenvalue weighted by atomic mass is 9.80. The molecule has 5 heteroatoms. The van der Waals surface area contributed by atoms with Gasteiger partial charge in [-0.1, -0.05) is 54.6 Å². The van der Waals surface area contributed by atoms with Crippen LogP contribution < -0.4 is 5.32 Å². The molecule has 1 N–H and O–H groups in total. The molecule has 1 heterocycles. The van der Waals surface area contributed by atoms with E-state index in [9.17, 15) is 9.59 Å². The predicted octanol–water partition coefficient (Wildman–Crippen LogP) is 3.93. The van der Waals surface area contributed by atoms with Crippen molar-refractivity contribution in [2.75, 3.05) is 14.2 Å². The first kappa shape index (κ1) is 19.4. The lowest BCUT2D eigenvalue weighted by Crippen LogP contribution is -2.32.